The molecule has 0 unspecified atom stereocenters. The summed E-state index contributed by atoms with van der Waals surface area (Å²) in [5.41, 5.74) is 2.13. The molecule has 0 spiro atoms. The average Bonchev–Trinajstić information content (AvgIpc) is 2.47. The molecule has 102 valence electrons. The van der Waals surface area contributed by atoms with E-state index in [1.165, 1.54) is 5.56 Å². The number of benzene rings is 1. The molecule has 0 fully saturated rings. The first kappa shape index (κ1) is 13.8. The highest BCUT2D eigenvalue weighted by atomic mass is 16.1. The Labute approximate surface area is 117 Å². The van der Waals surface area contributed by atoms with Crippen LogP contribution in [0.4, 0.5) is 5.82 Å². The number of hydrogen-bond acceptors (Lipinski definition) is 4. The maximum Gasteiger partial charge on any atom is 0.347 e. The van der Waals surface area contributed by atoms with Crippen LogP contribution in [0.25, 0.3) is 0 Å². The number of nitrogens with zero attached hydrogens (tertiary/aromatic N) is 3. The van der Waals surface area contributed by atoms with Crippen LogP contribution in [0.3, 0.4) is 0 Å². The quantitative estimate of drug-likeness (QED) is 0.918. The Bertz CT molecular complexity index is 682. The second-order valence-electron chi connectivity index (χ2n) is 4.60. The number of H-pyrrole nitrogens is 1. The molecule has 0 aliphatic rings. The van der Waals surface area contributed by atoms with Gasteiger partial charge in [-0.25, -0.2) is 4.79 Å². The maximum absolute atomic E-state index is 11.4. The minimum absolute atomic E-state index is 0.216. The number of nitrogens with one attached hydrogen (secondary N) is 1. The van der Waals surface area contributed by atoms with Gasteiger partial charge in [-0.2, -0.15) is 10.2 Å². The standard InChI is InChI=1S/C15H16N4O/c1-3-11-4-6-12(7-5-11)10-19(2)14-8-13(9-16)17-15(20)18-14/h4-8H,3,10H2,1-2H3,(H,17,18,20). The van der Waals surface area contributed by atoms with Crippen LogP contribution in [-0.2, 0) is 13.0 Å². The van der Waals surface area contributed by atoms with E-state index >= 15 is 0 Å². The molecule has 1 N–H and O–H groups in total. The Morgan fingerprint density at radius 2 is 1.95 bits per heavy atom. The molecule has 5 heteroatoms. The second kappa shape index (κ2) is 6.02. The van der Waals surface area contributed by atoms with Gasteiger partial charge in [-0.15, -0.1) is 0 Å². The lowest BCUT2D eigenvalue weighted by Crippen LogP contribution is -2.22. The number of aromatic amines is 1. The first-order valence-electron chi connectivity index (χ1n) is 6.42. The third-order valence-corrected chi connectivity index (χ3v) is 3.09. The zero-order valence-corrected chi connectivity index (χ0v) is 11.6. The summed E-state index contributed by atoms with van der Waals surface area (Å²) in [6, 6.07) is 11.8. The maximum atomic E-state index is 11.4. The Hall–Kier alpha value is -2.61. The van der Waals surface area contributed by atoms with Gasteiger partial charge in [0.05, 0.1) is 0 Å². The summed E-state index contributed by atoms with van der Waals surface area (Å²) in [5, 5.41) is 8.85. The fourth-order valence-electron chi connectivity index (χ4n) is 1.94. The van der Waals surface area contributed by atoms with Gasteiger partial charge in [-0.3, -0.25) is 4.98 Å². The van der Waals surface area contributed by atoms with Crippen molar-refractivity contribution in [2.45, 2.75) is 19.9 Å². The van der Waals surface area contributed by atoms with E-state index in [-0.39, 0.29) is 5.69 Å². The Balaban J connectivity index is 2.19. The van der Waals surface area contributed by atoms with E-state index in [4.69, 9.17) is 5.26 Å². The van der Waals surface area contributed by atoms with Gasteiger partial charge in [0.25, 0.3) is 0 Å². The molecule has 20 heavy (non-hydrogen) atoms. The predicted molar refractivity (Wildman–Crippen MR) is 77.5 cm³/mol. The number of anilines is 1. The van der Waals surface area contributed by atoms with Gasteiger partial charge in [-0.1, -0.05) is 31.2 Å². The average molecular weight is 268 g/mol. The van der Waals surface area contributed by atoms with Crippen LogP contribution in [0, 0.1) is 11.3 Å². The second-order valence-corrected chi connectivity index (χ2v) is 4.60. The van der Waals surface area contributed by atoms with Crippen LogP contribution < -0.4 is 10.6 Å². The van der Waals surface area contributed by atoms with Crippen LogP contribution in [0.5, 0.6) is 0 Å². The summed E-state index contributed by atoms with van der Waals surface area (Å²) in [5.74, 6) is 0.491. The molecule has 0 aliphatic heterocycles. The van der Waals surface area contributed by atoms with E-state index in [0.717, 1.165) is 12.0 Å². The van der Waals surface area contributed by atoms with Crippen molar-refractivity contribution in [1.82, 2.24) is 9.97 Å². The molecule has 1 aromatic carbocycles. The molecule has 0 atom stereocenters. The minimum atomic E-state index is -0.507. The highest BCUT2D eigenvalue weighted by Gasteiger charge is 2.06. The molecule has 2 rings (SSSR count). The SMILES string of the molecule is CCc1ccc(CN(C)c2cc(C#N)[nH]c(=O)n2)cc1. The number of aryl methyl sites for hydroxylation is 1. The highest BCUT2D eigenvalue weighted by Crippen LogP contribution is 2.12. The molecule has 1 aromatic heterocycles. The first-order valence-corrected chi connectivity index (χ1v) is 6.42. The molecular weight excluding hydrogens is 252 g/mol. The Kier molecular flexibility index (Phi) is 4.16. The topological polar surface area (TPSA) is 72.8 Å². The van der Waals surface area contributed by atoms with E-state index in [0.29, 0.717) is 12.4 Å². The molecule has 1 heterocycles. The summed E-state index contributed by atoms with van der Waals surface area (Å²) in [6.07, 6.45) is 1.01. The normalized spacial score (nSPS) is 10.1. The summed E-state index contributed by atoms with van der Waals surface area (Å²) in [7, 11) is 1.84. The van der Waals surface area contributed by atoms with Gasteiger partial charge >= 0.3 is 5.69 Å². The van der Waals surface area contributed by atoms with Gasteiger partial charge in [0.1, 0.15) is 17.6 Å². The summed E-state index contributed by atoms with van der Waals surface area (Å²) >= 11 is 0. The van der Waals surface area contributed by atoms with Crippen LogP contribution in [0.2, 0.25) is 0 Å². The predicted octanol–water partition coefficient (Wildman–Crippen LogP) is 1.84. The van der Waals surface area contributed by atoms with Crippen molar-refractivity contribution in [2.24, 2.45) is 0 Å². The van der Waals surface area contributed by atoms with E-state index in [1.807, 2.05) is 18.0 Å². The monoisotopic (exact) mass is 268 g/mol. The molecule has 0 bridgehead atoms. The van der Waals surface area contributed by atoms with Gasteiger partial charge in [0.15, 0.2) is 0 Å². The van der Waals surface area contributed by atoms with Crippen LogP contribution in [0.1, 0.15) is 23.7 Å². The zero-order valence-electron chi connectivity index (χ0n) is 11.6. The molecule has 0 radical (unpaired) electrons. The van der Waals surface area contributed by atoms with E-state index in [1.54, 1.807) is 6.07 Å². The fraction of sp³-hybridized carbons (Fsp3) is 0.267. The van der Waals surface area contributed by atoms with Crippen molar-refractivity contribution >= 4 is 5.82 Å². The summed E-state index contributed by atoms with van der Waals surface area (Å²) in [4.78, 5) is 19.5. The zero-order chi connectivity index (χ0) is 14.5. The van der Waals surface area contributed by atoms with Gasteiger partial charge in [-0.05, 0) is 17.5 Å². The third-order valence-electron chi connectivity index (χ3n) is 3.09. The van der Waals surface area contributed by atoms with Crippen LogP contribution >= 0.6 is 0 Å². The van der Waals surface area contributed by atoms with Crippen molar-refractivity contribution in [3.05, 3.63) is 57.6 Å². The van der Waals surface area contributed by atoms with Crippen LogP contribution in [0.15, 0.2) is 35.1 Å². The van der Waals surface area contributed by atoms with Gasteiger partial charge in [0.2, 0.25) is 0 Å². The molecule has 0 aliphatic carbocycles. The molecule has 0 saturated carbocycles. The van der Waals surface area contributed by atoms with Crippen LogP contribution in [-0.4, -0.2) is 17.0 Å². The molecular formula is C15H16N4O. The highest BCUT2D eigenvalue weighted by molar-refractivity contribution is 5.42. The summed E-state index contributed by atoms with van der Waals surface area (Å²) in [6.45, 7) is 2.75. The lowest BCUT2D eigenvalue weighted by Gasteiger charge is -2.18. The fourth-order valence-corrected chi connectivity index (χ4v) is 1.94. The van der Waals surface area contributed by atoms with Crippen molar-refractivity contribution in [3.63, 3.8) is 0 Å². The first-order chi connectivity index (χ1) is 9.62. The Morgan fingerprint density at radius 1 is 1.30 bits per heavy atom. The van der Waals surface area contributed by atoms with Crippen molar-refractivity contribution in [1.29, 1.82) is 5.26 Å². The minimum Gasteiger partial charge on any atom is -0.355 e. The number of hydrogen-bond donors (Lipinski definition) is 1. The third kappa shape index (κ3) is 3.23. The summed E-state index contributed by atoms with van der Waals surface area (Å²) < 4.78 is 0. The number of aromatic nitrogens is 2. The molecule has 0 amide bonds. The van der Waals surface area contributed by atoms with Gasteiger partial charge in [0, 0.05) is 19.7 Å². The number of rotatable bonds is 4. The molecule has 0 saturated heterocycles. The van der Waals surface area contributed by atoms with Crippen molar-refractivity contribution in [2.75, 3.05) is 11.9 Å². The molecule has 5 nitrogen and oxygen atoms in total. The van der Waals surface area contributed by atoms with Crippen molar-refractivity contribution in [3.8, 4) is 6.07 Å². The largest absolute Gasteiger partial charge is 0.355 e. The molecule has 2 aromatic rings. The van der Waals surface area contributed by atoms with E-state index in [2.05, 4.69) is 41.2 Å². The number of nitriles is 1. The lowest BCUT2D eigenvalue weighted by molar-refractivity contribution is 0.877. The smallest absolute Gasteiger partial charge is 0.347 e. The van der Waals surface area contributed by atoms with E-state index in [9.17, 15) is 4.79 Å². The van der Waals surface area contributed by atoms with E-state index < -0.39 is 5.69 Å². The van der Waals surface area contributed by atoms with Gasteiger partial charge < -0.3 is 4.90 Å². The van der Waals surface area contributed by atoms with Crippen molar-refractivity contribution < 1.29 is 0 Å². The lowest BCUT2D eigenvalue weighted by atomic mass is 10.1. The Morgan fingerprint density at radius 3 is 2.55 bits per heavy atom.